The fraction of sp³-hybridized carbons (Fsp3) is 0.467. The average Bonchev–Trinajstić information content (AvgIpc) is 2.44. The predicted octanol–water partition coefficient (Wildman–Crippen LogP) is 3.39. The van der Waals surface area contributed by atoms with E-state index < -0.39 is 11.9 Å². The first-order valence-corrected chi connectivity index (χ1v) is 7.73. The number of anilines is 1. The Morgan fingerprint density at radius 2 is 1.95 bits per heavy atom. The Morgan fingerprint density at radius 3 is 2.52 bits per heavy atom. The van der Waals surface area contributed by atoms with Gasteiger partial charge in [-0.15, -0.1) is 0 Å². The van der Waals surface area contributed by atoms with Crippen molar-refractivity contribution in [2.45, 2.75) is 26.7 Å². The number of aliphatic carboxylic acids is 1. The number of carboxylic acids is 1. The third-order valence-electron chi connectivity index (χ3n) is 3.75. The van der Waals surface area contributed by atoms with E-state index in [9.17, 15) is 9.59 Å². The van der Waals surface area contributed by atoms with E-state index in [0.717, 1.165) is 27.7 Å². The van der Waals surface area contributed by atoms with E-state index >= 15 is 0 Å². The first-order valence-electron chi connectivity index (χ1n) is 6.94. The van der Waals surface area contributed by atoms with Gasteiger partial charge in [0.2, 0.25) is 0 Å². The van der Waals surface area contributed by atoms with Gasteiger partial charge in [0.25, 0.3) is 0 Å². The highest BCUT2D eigenvalue weighted by atomic mass is 79.9. The number of halogens is 1. The van der Waals surface area contributed by atoms with Gasteiger partial charge in [0, 0.05) is 23.2 Å². The first-order chi connectivity index (χ1) is 9.88. The Hall–Kier alpha value is -1.56. The van der Waals surface area contributed by atoms with E-state index in [1.807, 2.05) is 26.0 Å². The normalized spacial score (nSPS) is 18.4. The van der Waals surface area contributed by atoms with E-state index in [1.165, 1.54) is 0 Å². The summed E-state index contributed by atoms with van der Waals surface area (Å²) in [7, 11) is 0. The Balaban J connectivity index is 2.06. The van der Waals surface area contributed by atoms with Crippen molar-refractivity contribution >= 4 is 33.6 Å². The van der Waals surface area contributed by atoms with E-state index in [4.69, 9.17) is 5.11 Å². The molecule has 0 radical (unpaired) electrons. The number of nitrogens with one attached hydrogen (secondary N) is 1. The van der Waals surface area contributed by atoms with E-state index in [1.54, 1.807) is 4.90 Å². The van der Waals surface area contributed by atoms with Gasteiger partial charge in [-0.1, -0.05) is 15.9 Å². The van der Waals surface area contributed by atoms with Crippen LogP contribution >= 0.6 is 15.9 Å². The Bertz CT molecular complexity index is 551. The molecule has 1 aromatic rings. The molecule has 1 heterocycles. The molecule has 0 unspecified atom stereocenters. The summed E-state index contributed by atoms with van der Waals surface area (Å²) in [4.78, 5) is 24.9. The topological polar surface area (TPSA) is 69.6 Å². The summed E-state index contributed by atoms with van der Waals surface area (Å²) in [5.74, 6) is -1.29. The summed E-state index contributed by atoms with van der Waals surface area (Å²) in [6.07, 6.45) is 1.36. The first kappa shape index (κ1) is 15.8. The van der Waals surface area contributed by atoms with Crippen molar-refractivity contribution < 1.29 is 14.7 Å². The van der Waals surface area contributed by atoms with Gasteiger partial charge in [-0.3, -0.25) is 4.79 Å². The van der Waals surface area contributed by atoms with Crippen LogP contribution in [-0.2, 0) is 4.79 Å². The summed E-state index contributed by atoms with van der Waals surface area (Å²) in [6.45, 7) is 4.81. The number of urea groups is 1. The Labute approximate surface area is 132 Å². The number of carboxylic acid groups (broad SMARTS) is 1. The van der Waals surface area contributed by atoms with Gasteiger partial charge >= 0.3 is 12.0 Å². The molecule has 0 aliphatic carbocycles. The molecular weight excluding hydrogens is 336 g/mol. The van der Waals surface area contributed by atoms with Crippen molar-refractivity contribution in [1.29, 1.82) is 0 Å². The van der Waals surface area contributed by atoms with E-state index in [2.05, 4.69) is 21.2 Å². The van der Waals surface area contributed by atoms with Crippen LogP contribution in [0.1, 0.15) is 24.0 Å². The SMILES string of the molecule is Cc1cc(NC(=O)N2CCC[C@H](C(=O)O)C2)cc(C)c1Br. The minimum absolute atomic E-state index is 0.234. The molecular formula is C15H19BrN2O3. The van der Waals surface area contributed by atoms with E-state index in [0.29, 0.717) is 13.0 Å². The Kier molecular flexibility index (Phi) is 4.88. The third-order valence-corrected chi connectivity index (χ3v) is 5.00. The third kappa shape index (κ3) is 3.75. The predicted molar refractivity (Wildman–Crippen MR) is 84.6 cm³/mol. The van der Waals surface area contributed by atoms with Gasteiger partial charge in [-0.25, -0.2) is 4.79 Å². The number of hydrogen-bond donors (Lipinski definition) is 2. The zero-order valence-electron chi connectivity index (χ0n) is 12.1. The Morgan fingerprint density at radius 1 is 1.33 bits per heavy atom. The van der Waals surface area contributed by atoms with Gasteiger partial charge in [0.15, 0.2) is 0 Å². The second-order valence-corrected chi connectivity index (χ2v) is 6.27. The molecule has 2 N–H and O–H groups in total. The minimum Gasteiger partial charge on any atom is -0.481 e. The molecule has 1 aliphatic heterocycles. The van der Waals surface area contributed by atoms with Crippen molar-refractivity contribution in [1.82, 2.24) is 4.90 Å². The number of rotatable bonds is 2. The average molecular weight is 355 g/mol. The second kappa shape index (κ2) is 6.47. The van der Waals surface area contributed by atoms with Crippen LogP contribution in [0.5, 0.6) is 0 Å². The van der Waals surface area contributed by atoms with Gasteiger partial charge in [-0.05, 0) is 49.9 Å². The second-order valence-electron chi connectivity index (χ2n) is 5.48. The number of likely N-dealkylation sites (tertiary alicyclic amines) is 1. The standard InChI is InChI=1S/C15H19BrN2O3/c1-9-6-12(7-10(2)13(9)16)17-15(21)18-5-3-4-11(8-18)14(19)20/h6-7,11H,3-5,8H2,1-2H3,(H,17,21)(H,19,20)/t11-/m0/s1. The lowest BCUT2D eigenvalue weighted by Crippen LogP contribution is -2.44. The maximum atomic E-state index is 12.3. The molecule has 2 amide bonds. The highest BCUT2D eigenvalue weighted by Crippen LogP contribution is 2.25. The number of carbonyl (C=O) groups excluding carboxylic acids is 1. The molecule has 6 heteroatoms. The number of piperidine rings is 1. The zero-order valence-corrected chi connectivity index (χ0v) is 13.7. The molecule has 0 saturated carbocycles. The summed E-state index contributed by atoms with van der Waals surface area (Å²) in [6, 6.07) is 3.56. The quantitative estimate of drug-likeness (QED) is 0.854. The van der Waals surface area contributed by atoms with Crippen molar-refractivity contribution in [3.63, 3.8) is 0 Å². The molecule has 2 rings (SSSR count). The lowest BCUT2D eigenvalue weighted by atomic mass is 9.99. The van der Waals surface area contributed by atoms with Gasteiger partial charge in [0.1, 0.15) is 0 Å². The van der Waals surface area contributed by atoms with Crippen molar-refractivity contribution in [3.05, 3.63) is 27.7 Å². The lowest BCUT2D eigenvalue weighted by molar-refractivity contribution is -0.143. The summed E-state index contributed by atoms with van der Waals surface area (Å²) in [5.41, 5.74) is 2.83. The molecule has 21 heavy (non-hydrogen) atoms. The summed E-state index contributed by atoms with van der Waals surface area (Å²) in [5, 5.41) is 11.9. The number of amides is 2. The van der Waals surface area contributed by atoms with Crippen molar-refractivity contribution in [3.8, 4) is 0 Å². The molecule has 1 aromatic carbocycles. The molecule has 114 valence electrons. The molecule has 0 aromatic heterocycles. The van der Waals surface area contributed by atoms with Crippen LogP contribution < -0.4 is 5.32 Å². The molecule has 1 fully saturated rings. The van der Waals surface area contributed by atoms with Crippen molar-refractivity contribution in [2.75, 3.05) is 18.4 Å². The lowest BCUT2D eigenvalue weighted by Gasteiger charge is -2.30. The summed E-state index contributed by atoms with van der Waals surface area (Å²) < 4.78 is 1.03. The molecule has 1 saturated heterocycles. The van der Waals surface area contributed by atoms with Crippen LogP contribution in [0, 0.1) is 19.8 Å². The van der Waals surface area contributed by atoms with Gasteiger partial charge < -0.3 is 15.3 Å². The maximum absolute atomic E-state index is 12.3. The fourth-order valence-electron chi connectivity index (χ4n) is 2.58. The number of nitrogens with zero attached hydrogens (tertiary/aromatic N) is 1. The molecule has 5 nitrogen and oxygen atoms in total. The van der Waals surface area contributed by atoms with Gasteiger partial charge in [-0.2, -0.15) is 0 Å². The molecule has 0 spiro atoms. The highest BCUT2D eigenvalue weighted by Gasteiger charge is 2.28. The van der Waals surface area contributed by atoms with Crippen LogP contribution in [0.4, 0.5) is 10.5 Å². The number of benzene rings is 1. The van der Waals surface area contributed by atoms with Crippen LogP contribution in [0.2, 0.25) is 0 Å². The summed E-state index contributed by atoms with van der Waals surface area (Å²) >= 11 is 3.49. The molecule has 1 atom stereocenters. The molecule has 1 aliphatic rings. The fourth-order valence-corrected chi connectivity index (χ4v) is 2.81. The number of carbonyl (C=O) groups is 2. The smallest absolute Gasteiger partial charge is 0.321 e. The monoisotopic (exact) mass is 354 g/mol. The van der Waals surface area contributed by atoms with Crippen LogP contribution in [0.15, 0.2) is 16.6 Å². The highest BCUT2D eigenvalue weighted by molar-refractivity contribution is 9.10. The zero-order chi connectivity index (χ0) is 15.6. The van der Waals surface area contributed by atoms with Crippen molar-refractivity contribution in [2.24, 2.45) is 5.92 Å². The maximum Gasteiger partial charge on any atom is 0.321 e. The number of aryl methyl sites for hydroxylation is 2. The molecule has 0 bridgehead atoms. The van der Waals surface area contributed by atoms with Crippen LogP contribution in [0.25, 0.3) is 0 Å². The van der Waals surface area contributed by atoms with E-state index in [-0.39, 0.29) is 12.6 Å². The van der Waals surface area contributed by atoms with Gasteiger partial charge in [0.05, 0.1) is 5.92 Å². The minimum atomic E-state index is -0.831. The number of hydrogen-bond acceptors (Lipinski definition) is 2. The largest absolute Gasteiger partial charge is 0.481 e. The van der Waals surface area contributed by atoms with Crippen LogP contribution in [-0.4, -0.2) is 35.1 Å². The van der Waals surface area contributed by atoms with Crippen LogP contribution in [0.3, 0.4) is 0 Å².